The number of nitrogens with zero attached hydrogens (tertiary/aromatic N) is 4. The van der Waals surface area contributed by atoms with E-state index in [1.807, 2.05) is 0 Å². The van der Waals surface area contributed by atoms with Crippen LogP contribution in [0, 0.1) is 0 Å². The van der Waals surface area contributed by atoms with Crippen LogP contribution in [-0.2, 0) is 0 Å². The van der Waals surface area contributed by atoms with E-state index in [2.05, 4.69) is 20.5 Å². The lowest BCUT2D eigenvalue weighted by molar-refractivity contribution is 0.0697. The number of anilines is 1. The van der Waals surface area contributed by atoms with Crippen LogP contribution in [0.4, 0.5) is 28.4 Å². The first kappa shape index (κ1) is 34.6. The Bertz CT molecular complexity index is 1850. The van der Waals surface area contributed by atoms with Crippen LogP contribution in [-0.4, -0.2) is 80.7 Å². The van der Waals surface area contributed by atoms with Crippen molar-refractivity contribution in [3.8, 4) is 28.7 Å². The van der Waals surface area contributed by atoms with Crippen LogP contribution in [0.1, 0.15) is 10.4 Å². The number of aliphatic hydroxyl groups excluding tert-OH is 2. The maximum atomic E-state index is 11.9. The van der Waals surface area contributed by atoms with Crippen molar-refractivity contribution in [2.45, 2.75) is 4.90 Å². The molecule has 4 aromatic carbocycles. The summed E-state index contributed by atoms with van der Waals surface area (Å²) in [5.41, 5.74) is 5.18. The summed E-state index contributed by atoms with van der Waals surface area (Å²) < 4.78 is 52.0. The van der Waals surface area contributed by atoms with Crippen molar-refractivity contribution in [3.63, 3.8) is 0 Å². The van der Waals surface area contributed by atoms with Gasteiger partial charge in [0, 0.05) is 35.3 Å². The predicted octanol–water partition coefficient (Wildman–Crippen LogP) is 6.00. The number of aromatic hydroxyl groups is 1. The molecule has 0 aromatic heterocycles. The number of ether oxygens (including phenoxy) is 4. The first-order valence-electron chi connectivity index (χ1n) is 13.5. The number of methoxy groups -OCH3 is 2. The van der Waals surface area contributed by atoms with Crippen LogP contribution in [0.25, 0.3) is 10.8 Å². The Balaban J connectivity index is 1.88. The minimum Gasteiger partial charge on any atom is -0.505 e. The highest BCUT2D eigenvalue weighted by Crippen LogP contribution is 2.54. The largest absolute Gasteiger partial charge is 0.505 e. The zero-order valence-electron chi connectivity index (χ0n) is 24.9. The third-order valence-corrected chi connectivity index (χ3v) is 7.27. The second kappa shape index (κ2) is 14.9. The van der Waals surface area contributed by atoms with Crippen LogP contribution in [0.15, 0.2) is 73.9 Å². The molecule has 0 aliphatic rings. The van der Waals surface area contributed by atoms with Crippen molar-refractivity contribution in [2.75, 3.05) is 46.4 Å². The summed E-state index contributed by atoms with van der Waals surface area (Å²) in [5.74, 6) is -1.64. The fourth-order valence-electron chi connectivity index (χ4n) is 4.24. The molecule has 0 fully saturated rings. The van der Waals surface area contributed by atoms with Gasteiger partial charge in [-0.2, -0.15) is 0 Å². The minimum absolute atomic E-state index is 0.0225. The molecule has 0 unspecified atom stereocenters. The van der Waals surface area contributed by atoms with Gasteiger partial charge in [-0.1, -0.05) is 6.07 Å². The number of phenolic OH excluding ortho intramolecular Hbond substituents is 1. The average molecular weight is 674 g/mol. The van der Waals surface area contributed by atoms with E-state index < -0.39 is 46.4 Å². The molecule has 0 heterocycles. The third-order valence-electron chi connectivity index (χ3n) is 6.37. The number of aliphatic hydroxyl groups is 2. The van der Waals surface area contributed by atoms with Gasteiger partial charge in [0.05, 0.1) is 37.9 Å². The number of aromatic carboxylic acids is 1. The summed E-state index contributed by atoms with van der Waals surface area (Å²) in [7, 11) is -1.71. The summed E-state index contributed by atoms with van der Waals surface area (Å²) in [5, 5.41) is 56.3. The van der Waals surface area contributed by atoms with Crippen molar-refractivity contribution < 1.29 is 57.8 Å². The number of fused-ring (bicyclic) bond motifs is 1. The fraction of sp³-hybridized carbons (Fsp3) is 0.207. The topological polar surface area (TPSA) is 271 Å². The Morgan fingerprint density at radius 2 is 1.30 bits per heavy atom. The monoisotopic (exact) mass is 673 g/mol. The SMILES string of the molecule is COc1cc(N=Nc2cc(OCCO)c(N=Nc3c(S(O)(O)O)cc4ccc(N)cc4c3O)cc2OCCO)c(C(=O)O)cc1OC. The number of azo groups is 2. The van der Waals surface area contributed by atoms with Crippen molar-refractivity contribution >= 4 is 56.0 Å². The van der Waals surface area contributed by atoms with Gasteiger partial charge < -0.3 is 58.8 Å². The minimum atomic E-state index is -4.41. The molecule has 0 amide bonds. The lowest BCUT2D eigenvalue weighted by atomic mass is 10.1. The standard InChI is InChI=1S/C29H31N5O12S/c1-43-24-11-18(29(38)39)19(12-25(24)44-2)31-32-20-13-23(46-8-6-36)21(14-22(20)45-7-5-35)33-34-27-26(47(40,41)42)9-15-3-4-16(30)10-17(15)28(27)37/h3-4,9-14,35-37,40-42H,5-8,30H2,1-2H3,(H,38,39). The molecule has 250 valence electrons. The fourth-order valence-corrected chi connectivity index (χ4v) is 4.92. The van der Waals surface area contributed by atoms with Crippen LogP contribution < -0.4 is 24.7 Å². The van der Waals surface area contributed by atoms with Crippen molar-refractivity contribution in [3.05, 3.63) is 54.1 Å². The van der Waals surface area contributed by atoms with Crippen molar-refractivity contribution in [2.24, 2.45) is 20.5 Å². The first-order valence-corrected chi connectivity index (χ1v) is 15.0. The third kappa shape index (κ3) is 7.95. The Hall–Kier alpha value is -5.24. The average Bonchev–Trinajstić information content (AvgIpc) is 3.04. The van der Waals surface area contributed by atoms with Gasteiger partial charge in [0.15, 0.2) is 17.2 Å². The maximum absolute atomic E-state index is 11.9. The zero-order valence-corrected chi connectivity index (χ0v) is 25.7. The highest BCUT2D eigenvalue weighted by molar-refractivity contribution is 8.19. The van der Waals surface area contributed by atoms with E-state index in [9.17, 15) is 38.9 Å². The first-order chi connectivity index (χ1) is 22.4. The van der Waals surface area contributed by atoms with Gasteiger partial charge in [-0.15, -0.1) is 20.5 Å². The number of phenols is 1. The van der Waals surface area contributed by atoms with Crippen LogP contribution in [0.3, 0.4) is 0 Å². The summed E-state index contributed by atoms with van der Waals surface area (Å²) in [4.78, 5) is 11.4. The lowest BCUT2D eigenvalue weighted by Crippen LogP contribution is -2.04. The highest BCUT2D eigenvalue weighted by Gasteiger charge is 2.26. The van der Waals surface area contributed by atoms with E-state index in [1.54, 1.807) is 0 Å². The summed E-state index contributed by atoms with van der Waals surface area (Å²) >= 11 is 0. The molecule has 4 aromatic rings. The molecular formula is C29H31N5O12S. The molecule has 0 saturated heterocycles. The molecule has 0 atom stereocenters. The normalized spacial score (nSPS) is 12.1. The molecule has 0 aliphatic heterocycles. The summed E-state index contributed by atoms with van der Waals surface area (Å²) in [6, 6.07) is 10.7. The number of carboxylic acids is 1. The van der Waals surface area contributed by atoms with Crippen LogP contribution >= 0.6 is 10.9 Å². The van der Waals surface area contributed by atoms with E-state index in [0.717, 1.165) is 0 Å². The quantitative estimate of drug-likeness (QED) is 0.0564. The number of benzene rings is 4. The number of hydrogen-bond donors (Lipinski definition) is 8. The predicted molar refractivity (Wildman–Crippen MR) is 170 cm³/mol. The molecule has 0 radical (unpaired) electrons. The van der Waals surface area contributed by atoms with E-state index in [0.29, 0.717) is 5.39 Å². The molecule has 9 N–H and O–H groups in total. The second-order valence-corrected chi connectivity index (χ2v) is 10.9. The highest BCUT2D eigenvalue weighted by atomic mass is 32.3. The number of carboxylic acid groups (broad SMARTS) is 1. The van der Waals surface area contributed by atoms with E-state index in [4.69, 9.17) is 24.7 Å². The molecule has 17 nitrogen and oxygen atoms in total. The summed E-state index contributed by atoms with van der Waals surface area (Å²) in [6.45, 7) is -1.25. The number of rotatable bonds is 14. The molecule has 0 aliphatic carbocycles. The Morgan fingerprint density at radius 1 is 0.766 bits per heavy atom. The van der Waals surface area contributed by atoms with Crippen LogP contribution in [0.2, 0.25) is 0 Å². The molecule has 0 bridgehead atoms. The molecule has 0 spiro atoms. The molecule has 47 heavy (non-hydrogen) atoms. The Labute approximate surface area is 268 Å². The lowest BCUT2D eigenvalue weighted by Gasteiger charge is -2.22. The number of nitrogen functional groups attached to an aromatic ring is 1. The number of nitrogens with two attached hydrogens (primary N) is 1. The summed E-state index contributed by atoms with van der Waals surface area (Å²) in [6.07, 6.45) is 0. The number of hydrogen-bond acceptors (Lipinski definition) is 16. The Kier molecular flexibility index (Phi) is 11.0. The molecule has 4 rings (SSSR count). The molecular weight excluding hydrogens is 642 g/mol. The maximum Gasteiger partial charge on any atom is 0.338 e. The van der Waals surface area contributed by atoms with Crippen molar-refractivity contribution in [1.82, 2.24) is 0 Å². The van der Waals surface area contributed by atoms with Crippen molar-refractivity contribution in [1.29, 1.82) is 0 Å². The van der Waals surface area contributed by atoms with E-state index in [1.165, 1.54) is 62.8 Å². The van der Waals surface area contributed by atoms with E-state index in [-0.39, 0.29) is 69.9 Å². The van der Waals surface area contributed by atoms with Gasteiger partial charge >= 0.3 is 5.97 Å². The van der Waals surface area contributed by atoms with Gasteiger partial charge in [-0.05, 0) is 23.6 Å². The van der Waals surface area contributed by atoms with Gasteiger partial charge in [0.2, 0.25) is 0 Å². The van der Waals surface area contributed by atoms with Gasteiger partial charge in [0.25, 0.3) is 0 Å². The Morgan fingerprint density at radius 3 is 1.83 bits per heavy atom. The number of carbonyl (C=O) groups is 1. The van der Waals surface area contributed by atoms with Gasteiger partial charge in [-0.3, -0.25) is 0 Å². The molecule has 18 heteroatoms. The van der Waals surface area contributed by atoms with Crippen LogP contribution in [0.5, 0.6) is 28.7 Å². The smallest absolute Gasteiger partial charge is 0.338 e. The van der Waals surface area contributed by atoms with E-state index >= 15 is 0 Å². The zero-order chi connectivity index (χ0) is 34.3. The second-order valence-electron chi connectivity index (χ2n) is 9.43. The van der Waals surface area contributed by atoms with Gasteiger partial charge in [0.1, 0.15) is 58.3 Å². The molecule has 0 saturated carbocycles. The van der Waals surface area contributed by atoms with Gasteiger partial charge in [-0.25, -0.2) is 4.79 Å².